The Bertz CT molecular complexity index is 367. The van der Waals surface area contributed by atoms with E-state index in [-0.39, 0.29) is 12.3 Å². The third kappa shape index (κ3) is 2.42. The predicted molar refractivity (Wildman–Crippen MR) is 53.7 cm³/mol. The molecule has 15 heavy (non-hydrogen) atoms. The molecule has 3 N–H and O–H groups in total. The molecule has 0 aromatic heterocycles. The van der Waals surface area contributed by atoms with Gasteiger partial charge in [0.05, 0.1) is 30.7 Å². The number of ether oxygens (including phenoxy) is 1. The van der Waals surface area contributed by atoms with Crippen LogP contribution in [0.1, 0.15) is 11.6 Å². The first kappa shape index (κ1) is 11.4. The maximum atomic E-state index is 10.5. The van der Waals surface area contributed by atoms with Gasteiger partial charge in [0.25, 0.3) is 5.69 Å². The molecular formula is C9H12N2O4. The van der Waals surface area contributed by atoms with E-state index in [0.29, 0.717) is 11.3 Å². The van der Waals surface area contributed by atoms with E-state index in [0.717, 1.165) is 0 Å². The molecule has 1 atom stereocenters. The number of hydrogen-bond donors (Lipinski definition) is 2. The Morgan fingerprint density at radius 1 is 1.67 bits per heavy atom. The zero-order valence-corrected chi connectivity index (χ0v) is 8.21. The van der Waals surface area contributed by atoms with E-state index in [2.05, 4.69) is 0 Å². The lowest BCUT2D eigenvalue weighted by molar-refractivity contribution is -0.384. The molecule has 0 aliphatic carbocycles. The molecule has 6 nitrogen and oxygen atoms in total. The van der Waals surface area contributed by atoms with E-state index in [4.69, 9.17) is 15.6 Å². The van der Waals surface area contributed by atoms with Gasteiger partial charge in [0.1, 0.15) is 5.75 Å². The first-order valence-electron chi connectivity index (χ1n) is 4.29. The Labute approximate surface area is 86.4 Å². The second kappa shape index (κ2) is 4.72. The number of rotatable bonds is 4. The van der Waals surface area contributed by atoms with Crippen LogP contribution in [0.5, 0.6) is 5.75 Å². The van der Waals surface area contributed by atoms with Crippen LogP contribution in [-0.2, 0) is 0 Å². The maximum Gasteiger partial charge on any atom is 0.273 e. The first-order valence-corrected chi connectivity index (χ1v) is 4.29. The normalized spacial score (nSPS) is 12.2. The van der Waals surface area contributed by atoms with E-state index >= 15 is 0 Å². The van der Waals surface area contributed by atoms with Crippen molar-refractivity contribution in [3.8, 4) is 5.75 Å². The van der Waals surface area contributed by atoms with Crippen LogP contribution in [0.3, 0.4) is 0 Å². The lowest BCUT2D eigenvalue weighted by atomic mass is 10.1. The Morgan fingerprint density at radius 2 is 2.33 bits per heavy atom. The molecule has 0 radical (unpaired) electrons. The van der Waals surface area contributed by atoms with Crippen molar-refractivity contribution in [2.45, 2.75) is 6.04 Å². The summed E-state index contributed by atoms with van der Waals surface area (Å²) in [5.41, 5.74) is 6.08. The molecular weight excluding hydrogens is 200 g/mol. The Hall–Kier alpha value is -1.66. The quantitative estimate of drug-likeness (QED) is 0.562. The molecule has 0 fully saturated rings. The van der Waals surface area contributed by atoms with Gasteiger partial charge >= 0.3 is 0 Å². The molecule has 0 heterocycles. The molecule has 1 aromatic carbocycles. The van der Waals surface area contributed by atoms with Crippen LogP contribution < -0.4 is 10.5 Å². The van der Waals surface area contributed by atoms with Gasteiger partial charge in [-0.2, -0.15) is 0 Å². The zero-order valence-electron chi connectivity index (χ0n) is 8.21. The number of benzene rings is 1. The van der Waals surface area contributed by atoms with Crippen LogP contribution >= 0.6 is 0 Å². The van der Waals surface area contributed by atoms with Crippen molar-refractivity contribution in [2.75, 3.05) is 13.7 Å². The van der Waals surface area contributed by atoms with E-state index in [1.54, 1.807) is 0 Å². The number of nitrogens with two attached hydrogens (primary N) is 1. The van der Waals surface area contributed by atoms with Gasteiger partial charge < -0.3 is 15.6 Å². The number of nitro benzene ring substituents is 1. The summed E-state index contributed by atoms with van der Waals surface area (Å²) in [6, 6.07) is 3.50. The molecule has 6 heteroatoms. The van der Waals surface area contributed by atoms with Gasteiger partial charge in [-0.05, 0) is 6.07 Å². The van der Waals surface area contributed by atoms with Gasteiger partial charge in [-0.25, -0.2) is 0 Å². The van der Waals surface area contributed by atoms with Crippen LogP contribution in [0.4, 0.5) is 5.69 Å². The highest BCUT2D eigenvalue weighted by molar-refractivity contribution is 5.45. The molecule has 0 unspecified atom stereocenters. The zero-order chi connectivity index (χ0) is 11.4. The maximum absolute atomic E-state index is 10.5. The van der Waals surface area contributed by atoms with E-state index < -0.39 is 11.0 Å². The summed E-state index contributed by atoms with van der Waals surface area (Å²) in [5, 5.41) is 19.4. The van der Waals surface area contributed by atoms with Crippen molar-refractivity contribution < 1.29 is 14.8 Å². The Morgan fingerprint density at radius 3 is 2.80 bits per heavy atom. The Balaban J connectivity index is 3.14. The van der Waals surface area contributed by atoms with Gasteiger partial charge in [0, 0.05) is 11.6 Å². The minimum absolute atomic E-state index is 0.0688. The summed E-state index contributed by atoms with van der Waals surface area (Å²) in [6.45, 7) is -0.242. The second-order valence-corrected chi connectivity index (χ2v) is 2.97. The molecule has 0 saturated heterocycles. The highest BCUT2D eigenvalue weighted by atomic mass is 16.6. The summed E-state index contributed by atoms with van der Waals surface area (Å²) in [7, 11) is 1.40. The van der Waals surface area contributed by atoms with Crippen molar-refractivity contribution >= 4 is 5.69 Å². The van der Waals surface area contributed by atoms with Gasteiger partial charge in [-0.15, -0.1) is 0 Å². The standard InChI is InChI=1S/C9H12N2O4/c1-15-9-4-6(11(13)14)2-3-7(9)8(10)5-12/h2-4,8,12H,5,10H2,1H3/t8-/m0/s1. The fraction of sp³-hybridized carbons (Fsp3) is 0.333. The highest BCUT2D eigenvalue weighted by Crippen LogP contribution is 2.28. The summed E-state index contributed by atoms with van der Waals surface area (Å²) >= 11 is 0. The van der Waals surface area contributed by atoms with Crippen LogP contribution in [0, 0.1) is 10.1 Å². The largest absolute Gasteiger partial charge is 0.496 e. The van der Waals surface area contributed by atoms with Gasteiger partial charge in [-0.3, -0.25) is 10.1 Å². The fourth-order valence-electron chi connectivity index (χ4n) is 1.22. The third-order valence-corrected chi connectivity index (χ3v) is 2.02. The Kier molecular flexibility index (Phi) is 3.59. The fourth-order valence-corrected chi connectivity index (χ4v) is 1.22. The van der Waals surface area contributed by atoms with Gasteiger partial charge in [0.15, 0.2) is 0 Å². The summed E-state index contributed by atoms with van der Waals surface area (Å²) in [4.78, 5) is 9.97. The number of non-ortho nitro benzene ring substituents is 1. The number of methoxy groups -OCH3 is 1. The van der Waals surface area contributed by atoms with Crippen molar-refractivity contribution in [1.82, 2.24) is 0 Å². The summed E-state index contributed by atoms with van der Waals surface area (Å²) in [6.07, 6.45) is 0. The van der Waals surface area contributed by atoms with Crippen molar-refractivity contribution in [1.29, 1.82) is 0 Å². The molecule has 0 amide bonds. The molecule has 82 valence electrons. The molecule has 0 aliphatic rings. The van der Waals surface area contributed by atoms with Gasteiger partial charge in [0.2, 0.25) is 0 Å². The number of nitro groups is 1. The monoisotopic (exact) mass is 212 g/mol. The third-order valence-electron chi connectivity index (χ3n) is 2.02. The van der Waals surface area contributed by atoms with Gasteiger partial charge in [-0.1, -0.05) is 0 Å². The highest BCUT2D eigenvalue weighted by Gasteiger charge is 2.15. The lowest BCUT2D eigenvalue weighted by Crippen LogP contribution is -2.15. The average Bonchev–Trinajstić information content (AvgIpc) is 2.27. The lowest BCUT2D eigenvalue weighted by Gasteiger charge is -2.12. The number of aliphatic hydroxyl groups excluding tert-OH is 1. The topological polar surface area (TPSA) is 98.6 Å². The van der Waals surface area contributed by atoms with Crippen LogP contribution in [-0.4, -0.2) is 23.7 Å². The van der Waals surface area contributed by atoms with Crippen molar-refractivity contribution in [3.05, 3.63) is 33.9 Å². The first-order chi connectivity index (χ1) is 7.10. The van der Waals surface area contributed by atoms with Crippen LogP contribution in [0.2, 0.25) is 0 Å². The minimum Gasteiger partial charge on any atom is -0.496 e. The molecule has 0 spiro atoms. The molecule has 0 aliphatic heterocycles. The van der Waals surface area contributed by atoms with E-state index in [1.807, 2.05) is 0 Å². The van der Waals surface area contributed by atoms with E-state index in [9.17, 15) is 10.1 Å². The van der Waals surface area contributed by atoms with Crippen molar-refractivity contribution in [2.24, 2.45) is 5.73 Å². The number of hydrogen-bond acceptors (Lipinski definition) is 5. The summed E-state index contributed by atoms with van der Waals surface area (Å²) in [5.74, 6) is 0.311. The number of aliphatic hydroxyl groups is 1. The molecule has 1 rings (SSSR count). The SMILES string of the molecule is COc1cc([N+](=O)[O-])ccc1[C@@H](N)CO. The van der Waals surface area contributed by atoms with Crippen LogP contribution in [0.25, 0.3) is 0 Å². The second-order valence-electron chi connectivity index (χ2n) is 2.97. The molecule has 1 aromatic rings. The minimum atomic E-state index is -0.597. The molecule has 0 saturated carbocycles. The summed E-state index contributed by atoms with van der Waals surface area (Å²) < 4.78 is 4.96. The predicted octanol–water partition coefficient (Wildman–Crippen LogP) is 0.595. The smallest absolute Gasteiger partial charge is 0.273 e. The molecule has 0 bridgehead atoms. The van der Waals surface area contributed by atoms with Crippen molar-refractivity contribution in [3.63, 3.8) is 0 Å². The van der Waals surface area contributed by atoms with Crippen LogP contribution in [0.15, 0.2) is 18.2 Å². The van der Waals surface area contributed by atoms with E-state index in [1.165, 1.54) is 25.3 Å². The average molecular weight is 212 g/mol. The number of nitrogens with zero attached hydrogens (tertiary/aromatic N) is 1.